The molecule has 1 fully saturated rings. The molecule has 1 N–H and O–H groups in total. The summed E-state index contributed by atoms with van der Waals surface area (Å²) in [5.74, 6) is 0.358. The summed E-state index contributed by atoms with van der Waals surface area (Å²) in [6.45, 7) is 16.6. The molecule has 6 rings (SSSR count). The Balaban J connectivity index is 1.49. The van der Waals surface area contributed by atoms with Gasteiger partial charge in [0.15, 0.2) is 5.78 Å². The van der Waals surface area contributed by atoms with Gasteiger partial charge < -0.3 is 9.53 Å². The number of carbonyl (C=O) groups excluding carboxylic acids is 1. The summed E-state index contributed by atoms with van der Waals surface area (Å²) in [5.41, 5.74) is 4.58. The van der Waals surface area contributed by atoms with E-state index in [1.54, 1.807) is 11.1 Å². The van der Waals surface area contributed by atoms with Crippen molar-refractivity contribution in [3.63, 3.8) is 0 Å². The van der Waals surface area contributed by atoms with E-state index in [-0.39, 0.29) is 33.5 Å². The normalized spacial score (nSPS) is 28.0. The minimum atomic E-state index is -2.87. The maximum absolute atomic E-state index is 14.7. The van der Waals surface area contributed by atoms with Crippen LogP contribution in [0.15, 0.2) is 114 Å². The Morgan fingerprint density at radius 2 is 1.43 bits per heavy atom. The molecular formula is C43H54O3Si. The van der Waals surface area contributed by atoms with Crippen molar-refractivity contribution in [3.8, 4) is 0 Å². The summed E-state index contributed by atoms with van der Waals surface area (Å²) >= 11 is 0. The number of ketones is 1. The zero-order valence-corrected chi connectivity index (χ0v) is 30.6. The van der Waals surface area contributed by atoms with Crippen LogP contribution in [0.1, 0.15) is 90.9 Å². The molecule has 0 spiro atoms. The third-order valence-electron chi connectivity index (χ3n) is 12.2. The van der Waals surface area contributed by atoms with Crippen molar-refractivity contribution in [3.05, 3.63) is 119 Å². The second-order valence-electron chi connectivity index (χ2n) is 16.4. The second kappa shape index (κ2) is 12.8. The zero-order chi connectivity index (χ0) is 33.6. The quantitative estimate of drug-likeness (QED) is 0.151. The highest BCUT2D eigenvalue weighted by Gasteiger charge is 2.56. The SMILES string of the molecule is CC(C)C1=C2[C@H]3C[C@@H](C(=O)c4ccccc4)C(CO[Si](c4ccccc4)(c4ccccc4)C(C)(C)C)=C[C@H](O)[C@]3(C)CC[C@@]2(C)CC1. The molecule has 0 aliphatic heterocycles. The van der Waals surface area contributed by atoms with E-state index in [0.717, 1.165) is 30.4 Å². The largest absolute Gasteiger partial charge is 0.403 e. The molecule has 3 nitrogen and oxygen atoms in total. The first-order valence-electron chi connectivity index (χ1n) is 17.8. The van der Waals surface area contributed by atoms with Crippen LogP contribution in [-0.2, 0) is 4.43 Å². The molecule has 3 aliphatic rings. The van der Waals surface area contributed by atoms with Gasteiger partial charge in [0.25, 0.3) is 8.32 Å². The molecule has 3 aromatic rings. The standard InChI is InChI=1S/C43H54O3Si/c1-30(2)35-23-24-42(6)25-26-43(7)37(39(35)42)28-36(40(45)31-17-11-8-12-18-31)32(27-38(43)44)29-46-47(41(3,4)5,33-19-13-9-14-20-33)34-21-15-10-16-22-34/h8-22,27,30,36-38,44H,23-26,28-29H2,1-7H3/t36-,37-,38+,42-,43-/m1/s1. The molecule has 47 heavy (non-hydrogen) atoms. The molecule has 3 aliphatic carbocycles. The molecule has 3 aromatic carbocycles. The third kappa shape index (κ3) is 5.85. The summed E-state index contributed by atoms with van der Waals surface area (Å²) in [5, 5.41) is 14.5. The van der Waals surface area contributed by atoms with Crippen molar-refractivity contribution < 1.29 is 14.3 Å². The molecule has 0 saturated heterocycles. The average Bonchev–Trinajstić information content (AvgIpc) is 3.37. The Morgan fingerprint density at radius 3 is 1.96 bits per heavy atom. The van der Waals surface area contributed by atoms with E-state index < -0.39 is 14.4 Å². The topological polar surface area (TPSA) is 46.5 Å². The lowest BCUT2D eigenvalue weighted by Crippen LogP contribution is -2.66. The molecule has 248 valence electrons. The highest BCUT2D eigenvalue weighted by Crippen LogP contribution is 2.63. The summed E-state index contributed by atoms with van der Waals surface area (Å²) in [6.07, 6.45) is 6.44. The van der Waals surface area contributed by atoms with Crippen LogP contribution in [0.4, 0.5) is 0 Å². The number of Topliss-reactive ketones (excluding diaryl/α,β-unsaturated/α-hetero) is 1. The van der Waals surface area contributed by atoms with Crippen molar-refractivity contribution >= 4 is 24.5 Å². The van der Waals surface area contributed by atoms with Gasteiger partial charge in [0.05, 0.1) is 12.7 Å². The Kier molecular flexibility index (Phi) is 9.19. The predicted octanol–water partition coefficient (Wildman–Crippen LogP) is 8.92. The number of hydrogen-bond donors (Lipinski definition) is 1. The third-order valence-corrected chi connectivity index (χ3v) is 17.2. The average molecular weight is 647 g/mol. The number of aliphatic hydroxyl groups excluding tert-OH is 1. The number of allylic oxidation sites excluding steroid dienone is 2. The van der Waals surface area contributed by atoms with Gasteiger partial charge in [-0.25, -0.2) is 0 Å². The fraction of sp³-hybridized carbons (Fsp3) is 0.465. The van der Waals surface area contributed by atoms with Gasteiger partial charge in [0, 0.05) is 16.9 Å². The van der Waals surface area contributed by atoms with Gasteiger partial charge in [-0.3, -0.25) is 4.79 Å². The fourth-order valence-electron chi connectivity index (χ4n) is 9.44. The van der Waals surface area contributed by atoms with E-state index in [2.05, 4.69) is 115 Å². The van der Waals surface area contributed by atoms with E-state index in [1.165, 1.54) is 16.8 Å². The number of aliphatic hydroxyl groups is 1. The van der Waals surface area contributed by atoms with Gasteiger partial charge in [-0.05, 0) is 70.3 Å². The number of rotatable bonds is 8. The molecule has 0 aromatic heterocycles. The molecule has 4 heteroatoms. The van der Waals surface area contributed by atoms with Crippen molar-refractivity contribution in [1.82, 2.24) is 0 Å². The Hall–Kier alpha value is -3.05. The number of benzene rings is 3. The maximum atomic E-state index is 14.7. The summed E-state index contributed by atoms with van der Waals surface area (Å²) < 4.78 is 7.47. The molecule has 1 saturated carbocycles. The lowest BCUT2D eigenvalue weighted by atomic mass is 9.53. The number of hydrogen-bond acceptors (Lipinski definition) is 3. The van der Waals surface area contributed by atoms with E-state index in [0.29, 0.717) is 18.9 Å². The zero-order valence-electron chi connectivity index (χ0n) is 29.6. The first kappa shape index (κ1) is 33.8. The van der Waals surface area contributed by atoms with Crippen molar-refractivity contribution in [2.24, 2.45) is 28.6 Å². The van der Waals surface area contributed by atoms with Crippen LogP contribution in [0.3, 0.4) is 0 Å². The van der Waals surface area contributed by atoms with Crippen molar-refractivity contribution in [2.45, 2.75) is 91.7 Å². The Bertz CT molecular complexity index is 1590. The van der Waals surface area contributed by atoms with Crippen LogP contribution < -0.4 is 10.4 Å². The van der Waals surface area contributed by atoms with E-state index in [4.69, 9.17) is 4.43 Å². The van der Waals surface area contributed by atoms with Gasteiger partial charge in [-0.1, -0.05) is 157 Å². The molecular weight excluding hydrogens is 593 g/mol. The lowest BCUT2D eigenvalue weighted by molar-refractivity contribution is -0.00874. The maximum Gasteiger partial charge on any atom is 0.261 e. The van der Waals surface area contributed by atoms with Crippen LogP contribution in [0.25, 0.3) is 0 Å². The number of fused-ring (bicyclic) bond motifs is 3. The van der Waals surface area contributed by atoms with Crippen LogP contribution in [0.5, 0.6) is 0 Å². The molecule has 5 atom stereocenters. The van der Waals surface area contributed by atoms with E-state index in [9.17, 15) is 9.90 Å². The predicted molar refractivity (Wildman–Crippen MR) is 197 cm³/mol. The minimum absolute atomic E-state index is 0.135. The summed E-state index contributed by atoms with van der Waals surface area (Å²) in [4.78, 5) is 14.7. The Morgan fingerprint density at radius 1 is 0.872 bits per heavy atom. The first-order chi connectivity index (χ1) is 22.3. The van der Waals surface area contributed by atoms with Gasteiger partial charge in [-0.15, -0.1) is 0 Å². The van der Waals surface area contributed by atoms with Crippen LogP contribution >= 0.6 is 0 Å². The van der Waals surface area contributed by atoms with Crippen molar-refractivity contribution in [2.75, 3.05) is 6.61 Å². The molecule has 0 radical (unpaired) electrons. The van der Waals surface area contributed by atoms with Crippen LogP contribution in [-0.4, -0.2) is 31.9 Å². The molecule has 0 amide bonds. The van der Waals surface area contributed by atoms with Gasteiger partial charge in [0.2, 0.25) is 0 Å². The van der Waals surface area contributed by atoms with E-state index in [1.807, 2.05) is 30.3 Å². The van der Waals surface area contributed by atoms with Gasteiger partial charge in [-0.2, -0.15) is 0 Å². The van der Waals surface area contributed by atoms with Gasteiger partial charge >= 0.3 is 0 Å². The summed E-state index contributed by atoms with van der Waals surface area (Å²) in [6, 6.07) is 31.2. The number of carbonyl (C=O) groups is 1. The van der Waals surface area contributed by atoms with Crippen molar-refractivity contribution in [1.29, 1.82) is 0 Å². The second-order valence-corrected chi connectivity index (χ2v) is 20.7. The van der Waals surface area contributed by atoms with Crippen LogP contribution in [0, 0.1) is 28.6 Å². The highest BCUT2D eigenvalue weighted by atomic mass is 28.4. The smallest absolute Gasteiger partial charge is 0.261 e. The highest BCUT2D eigenvalue weighted by molar-refractivity contribution is 6.99. The minimum Gasteiger partial charge on any atom is -0.403 e. The van der Waals surface area contributed by atoms with Gasteiger partial charge in [0.1, 0.15) is 0 Å². The monoisotopic (exact) mass is 646 g/mol. The summed E-state index contributed by atoms with van der Waals surface area (Å²) in [7, 11) is -2.87. The molecule has 0 heterocycles. The molecule has 0 unspecified atom stereocenters. The van der Waals surface area contributed by atoms with E-state index >= 15 is 0 Å². The first-order valence-corrected chi connectivity index (χ1v) is 19.7. The lowest BCUT2D eigenvalue weighted by Gasteiger charge is -2.51. The molecule has 0 bridgehead atoms. The fourth-order valence-corrected chi connectivity index (χ4v) is 14.0. The van der Waals surface area contributed by atoms with Crippen LogP contribution in [0.2, 0.25) is 5.04 Å². The Labute approximate surface area is 284 Å².